The predicted octanol–water partition coefficient (Wildman–Crippen LogP) is 3.36. The third kappa shape index (κ3) is 2.08. The summed E-state index contributed by atoms with van der Waals surface area (Å²) in [5, 5.41) is 8.84. The van der Waals surface area contributed by atoms with Crippen LogP contribution >= 0.6 is 0 Å². The molecule has 1 saturated carbocycles. The minimum absolute atomic E-state index is 0.110. The van der Waals surface area contributed by atoms with Gasteiger partial charge in [0.05, 0.1) is 17.7 Å². The third-order valence-corrected chi connectivity index (χ3v) is 2.66. The number of benzene rings is 1. The number of halogens is 2. The first-order chi connectivity index (χ1) is 7.70. The number of aliphatic imine (C=N–C) groups is 1. The number of hydrogen-bond donors (Lipinski definition) is 0. The Morgan fingerprint density at radius 3 is 2.88 bits per heavy atom. The second kappa shape index (κ2) is 4.40. The minimum atomic E-state index is -0.684. The van der Waals surface area contributed by atoms with Crippen LogP contribution < -0.4 is 0 Å². The van der Waals surface area contributed by atoms with Gasteiger partial charge in [-0.15, -0.1) is 0 Å². The van der Waals surface area contributed by atoms with E-state index in [0.717, 1.165) is 25.3 Å². The molecule has 82 valence electrons. The average Bonchev–Trinajstić information content (AvgIpc) is 2.69. The zero-order valence-electron chi connectivity index (χ0n) is 8.58. The first kappa shape index (κ1) is 10.7. The van der Waals surface area contributed by atoms with Gasteiger partial charge in [0.1, 0.15) is 5.82 Å². The molecule has 0 spiro atoms. The molecule has 16 heavy (non-hydrogen) atoms. The molecular formula is C12H10F2N2. The van der Waals surface area contributed by atoms with Crippen molar-refractivity contribution in [3.63, 3.8) is 0 Å². The fraction of sp³-hybridized carbons (Fsp3) is 0.333. The second-order valence-corrected chi connectivity index (χ2v) is 3.77. The second-order valence-electron chi connectivity index (χ2n) is 3.77. The summed E-state index contributed by atoms with van der Waals surface area (Å²) in [6, 6.07) is 5.40. The monoisotopic (exact) mass is 220 g/mol. The number of hydrogen-bond acceptors (Lipinski definition) is 2. The van der Waals surface area contributed by atoms with Gasteiger partial charge in [-0.1, -0.05) is 0 Å². The van der Waals surface area contributed by atoms with Crippen LogP contribution in [0.3, 0.4) is 0 Å². The van der Waals surface area contributed by atoms with Gasteiger partial charge in [0.2, 0.25) is 0 Å². The van der Waals surface area contributed by atoms with Crippen molar-refractivity contribution >= 4 is 11.4 Å². The summed E-state index contributed by atoms with van der Waals surface area (Å²) >= 11 is 0. The highest BCUT2D eigenvalue weighted by Crippen LogP contribution is 2.26. The lowest BCUT2D eigenvalue weighted by atomic mass is 10.1. The Hall–Kier alpha value is -1.76. The number of nitriles is 1. The Labute approximate surface area is 92.2 Å². The Balaban J connectivity index is 2.32. The topological polar surface area (TPSA) is 36.1 Å². The van der Waals surface area contributed by atoms with Gasteiger partial charge in [0.15, 0.2) is 5.82 Å². The molecule has 0 aliphatic heterocycles. The van der Waals surface area contributed by atoms with Crippen molar-refractivity contribution in [3.8, 4) is 6.07 Å². The molecule has 1 aromatic rings. The molecule has 2 rings (SSSR count). The third-order valence-electron chi connectivity index (χ3n) is 2.66. The smallest absolute Gasteiger partial charge is 0.151 e. The van der Waals surface area contributed by atoms with Crippen LogP contribution in [0.4, 0.5) is 14.5 Å². The van der Waals surface area contributed by atoms with Crippen LogP contribution in [-0.2, 0) is 0 Å². The van der Waals surface area contributed by atoms with E-state index in [2.05, 4.69) is 11.1 Å². The molecular weight excluding hydrogens is 210 g/mol. The van der Waals surface area contributed by atoms with Gasteiger partial charge in [-0.2, -0.15) is 5.26 Å². The van der Waals surface area contributed by atoms with E-state index >= 15 is 0 Å². The molecule has 0 aromatic heterocycles. The van der Waals surface area contributed by atoms with Gasteiger partial charge in [-0.3, -0.25) is 4.99 Å². The first-order valence-corrected chi connectivity index (χ1v) is 5.13. The molecule has 1 aliphatic rings. The standard InChI is InChI=1S/C12H10F2N2/c13-9-4-5-12(10(14)6-9)16-11-3-1-2-8(11)7-15/h4-6,8H,1-3H2. The normalized spacial score (nSPS) is 22.3. The Kier molecular flexibility index (Phi) is 2.95. The molecule has 1 aromatic carbocycles. The predicted molar refractivity (Wildman–Crippen MR) is 56.4 cm³/mol. The van der Waals surface area contributed by atoms with Crippen molar-refractivity contribution in [1.29, 1.82) is 5.26 Å². The molecule has 0 amide bonds. The average molecular weight is 220 g/mol. The van der Waals surface area contributed by atoms with Crippen molar-refractivity contribution in [3.05, 3.63) is 29.8 Å². The van der Waals surface area contributed by atoms with Gasteiger partial charge in [-0.25, -0.2) is 8.78 Å². The van der Waals surface area contributed by atoms with Crippen LogP contribution in [0.5, 0.6) is 0 Å². The summed E-state index contributed by atoms with van der Waals surface area (Å²) in [6.45, 7) is 0. The van der Waals surface area contributed by atoms with Crippen molar-refractivity contribution in [2.75, 3.05) is 0 Å². The minimum Gasteiger partial charge on any atom is -0.253 e. The van der Waals surface area contributed by atoms with E-state index in [1.165, 1.54) is 12.1 Å². The summed E-state index contributed by atoms with van der Waals surface area (Å²) in [6.07, 6.45) is 2.40. The Morgan fingerprint density at radius 2 is 2.19 bits per heavy atom. The maximum Gasteiger partial charge on any atom is 0.151 e. The zero-order chi connectivity index (χ0) is 11.5. The molecule has 0 heterocycles. The zero-order valence-corrected chi connectivity index (χ0v) is 8.58. The first-order valence-electron chi connectivity index (χ1n) is 5.13. The number of rotatable bonds is 1. The highest BCUT2D eigenvalue weighted by atomic mass is 19.1. The van der Waals surface area contributed by atoms with E-state index in [-0.39, 0.29) is 11.6 Å². The Morgan fingerprint density at radius 1 is 1.38 bits per heavy atom. The molecule has 4 heteroatoms. The van der Waals surface area contributed by atoms with Gasteiger partial charge >= 0.3 is 0 Å². The summed E-state index contributed by atoms with van der Waals surface area (Å²) in [7, 11) is 0. The molecule has 1 atom stereocenters. The lowest BCUT2D eigenvalue weighted by Crippen LogP contribution is -2.03. The molecule has 1 aliphatic carbocycles. The number of nitrogens with zero attached hydrogens (tertiary/aromatic N) is 2. The van der Waals surface area contributed by atoms with Crippen LogP contribution in [0.15, 0.2) is 23.2 Å². The highest BCUT2D eigenvalue weighted by Gasteiger charge is 2.22. The summed E-state index contributed by atoms with van der Waals surface area (Å²) < 4.78 is 26.0. The molecule has 2 nitrogen and oxygen atoms in total. The SMILES string of the molecule is N#CC1CCCC1=Nc1ccc(F)cc1F. The molecule has 0 saturated heterocycles. The molecule has 1 fully saturated rings. The molecule has 0 bridgehead atoms. The molecule has 1 unspecified atom stereocenters. The van der Waals surface area contributed by atoms with Crippen molar-refractivity contribution < 1.29 is 8.78 Å². The van der Waals surface area contributed by atoms with E-state index < -0.39 is 11.6 Å². The fourth-order valence-electron chi connectivity index (χ4n) is 1.83. The van der Waals surface area contributed by atoms with Crippen LogP contribution in [0.1, 0.15) is 19.3 Å². The van der Waals surface area contributed by atoms with Gasteiger partial charge in [0, 0.05) is 11.8 Å². The van der Waals surface area contributed by atoms with Crippen molar-refractivity contribution in [1.82, 2.24) is 0 Å². The van der Waals surface area contributed by atoms with Crippen LogP contribution in [0, 0.1) is 28.9 Å². The maximum atomic E-state index is 13.3. The summed E-state index contributed by atoms with van der Waals surface area (Å²) in [5.74, 6) is -1.52. The maximum absolute atomic E-state index is 13.3. The quantitative estimate of drug-likeness (QED) is 0.714. The van der Waals surface area contributed by atoms with Crippen LogP contribution in [0.25, 0.3) is 0 Å². The van der Waals surface area contributed by atoms with Crippen LogP contribution in [-0.4, -0.2) is 5.71 Å². The van der Waals surface area contributed by atoms with Crippen molar-refractivity contribution in [2.24, 2.45) is 10.9 Å². The van der Waals surface area contributed by atoms with E-state index in [4.69, 9.17) is 5.26 Å². The summed E-state index contributed by atoms with van der Waals surface area (Å²) in [5.41, 5.74) is 0.812. The fourth-order valence-corrected chi connectivity index (χ4v) is 1.83. The van der Waals surface area contributed by atoms with Gasteiger partial charge in [0.25, 0.3) is 0 Å². The lowest BCUT2D eigenvalue weighted by Gasteiger charge is -2.02. The lowest BCUT2D eigenvalue weighted by molar-refractivity contribution is 0.584. The highest BCUT2D eigenvalue weighted by molar-refractivity contribution is 5.92. The van der Waals surface area contributed by atoms with Gasteiger partial charge < -0.3 is 0 Å². The van der Waals surface area contributed by atoms with Gasteiger partial charge in [-0.05, 0) is 31.4 Å². The van der Waals surface area contributed by atoms with E-state index in [9.17, 15) is 8.78 Å². The van der Waals surface area contributed by atoms with Crippen molar-refractivity contribution in [2.45, 2.75) is 19.3 Å². The molecule has 0 N–H and O–H groups in total. The van der Waals surface area contributed by atoms with Crippen LogP contribution in [0.2, 0.25) is 0 Å². The summed E-state index contributed by atoms with van der Waals surface area (Å²) in [4.78, 5) is 4.10. The largest absolute Gasteiger partial charge is 0.253 e. The van der Waals surface area contributed by atoms with E-state index in [1.807, 2.05) is 0 Å². The van der Waals surface area contributed by atoms with E-state index in [1.54, 1.807) is 0 Å². The van der Waals surface area contributed by atoms with E-state index in [0.29, 0.717) is 5.71 Å². The Bertz CT molecular complexity index is 474. The molecule has 0 radical (unpaired) electrons.